The number of hydrogen-bond acceptors (Lipinski definition) is 4. The molecule has 0 amide bonds. The van der Waals surface area contributed by atoms with Crippen molar-refractivity contribution in [3.63, 3.8) is 0 Å². The quantitative estimate of drug-likeness (QED) is 0.235. The molecule has 0 saturated heterocycles. The number of aromatic carboxylic acids is 2. The molecule has 0 bridgehead atoms. The molecule has 9 heteroatoms. The van der Waals surface area contributed by atoms with Crippen LogP contribution >= 0.6 is 7.26 Å². The fourth-order valence-electron chi connectivity index (χ4n) is 4.21. The van der Waals surface area contributed by atoms with Crippen LogP contribution in [0.1, 0.15) is 90.8 Å². The Balaban J connectivity index is 3.58. The Morgan fingerprint density at radius 2 is 1.23 bits per heavy atom. The summed E-state index contributed by atoms with van der Waals surface area (Å²) in [5.74, 6) is -2.69. The standard InChI is InChI=1S/C22H37O7PS/c1-4-7-10-30(11-8-5-2,12-9-6-3)16-20(31(27,28)29)17-13-18(21(23)24)15-19(14-17)22(25)26/h13-15,20,30H,4-12,16H2,1-3H3,(H,23,24)(H,25,26)(H,27,28,29). The molecule has 0 fully saturated rings. The van der Waals surface area contributed by atoms with E-state index >= 15 is 0 Å². The van der Waals surface area contributed by atoms with E-state index in [-0.39, 0.29) is 22.9 Å². The van der Waals surface area contributed by atoms with E-state index in [0.29, 0.717) is 0 Å². The van der Waals surface area contributed by atoms with E-state index < -0.39 is 34.6 Å². The second kappa shape index (κ2) is 12.5. The molecule has 0 aliphatic rings. The molecule has 0 aromatic heterocycles. The summed E-state index contributed by atoms with van der Waals surface area (Å²) >= 11 is 0. The van der Waals surface area contributed by atoms with E-state index in [2.05, 4.69) is 20.8 Å². The van der Waals surface area contributed by atoms with Crippen LogP contribution in [0, 0.1) is 0 Å². The second-order valence-electron chi connectivity index (χ2n) is 8.47. The molecule has 1 aromatic rings. The van der Waals surface area contributed by atoms with Gasteiger partial charge in [-0.3, -0.25) is 0 Å². The van der Waals surface area contributed by atoms with Crippen LogP contribution in [0.5, 0.6) is 0 Å². The monoisotopic (exact) mass is 476 g/mol. The normalized spacial score (nSPS) is 13.7. The van der Waals surface area contributed by atoms with Gasteiger partial charge in [0.1, 0.15) is 0 Å². The van der Waals surface area contributed by atoms with Gasteiger partial charge in [-0.2, -0.15) is 0 Å². The van der Waals surface area contributed by atoms with Gasteiger partial charge in [-0.25, -0.2) is 0 Å². The van der Waals surface area contributed by atoms with Crippen LogP contribution in [0.25, 0.3) is 0 Å². The van der Waals surface area contributed by atoms with Gasteiger partial charge in [-0.05, 0) is 0 Å². The summed E-state index contributed by atoms with van der Waals surface area (Å²) in [6, 6.07) is 3.38. The molecule has 0 spiro atoms. The van der Waals surface area contributed by atoms with Gasteiger partial charge in [0.15, 0.2) is 0 Å². The molecule has 0 saturated carbocycles. The molecule has 0 radical (unpaired) electrons. The Morgan fingerprint density at radius 1 is 0.839 bits per heavy atom. The van der Waals surface area contributed by atoms with Gasteiger partial charge in [-0.1, -0.05) is 0 Å². The van der Waals surface area contributed by atoms with Gasteiger partial charge < -0.3 is 0 Å². The maximum absolute atomic E-state index is 12.5. The molecule has 178 valence electrons. The number of carboxylic acid groups (broad SMARTS) is 2. The van der Waals surface area contributed by atoms with Crippen molar-refractivity contribution in [1.82, 2.24) is 0 Å². The minimum atomic E-state index is -4.56. The van der Waals surface area contributed by atoms with Crippen molar-refractivity contribution in [2.75, 3.05) is 24.6 Å². The Labute approximate surface area is 186 Å². The number of unbranched alkanes of at least 4 members (excludes halogenated alkanes) is 3. The van der Waals surface area contributed by atoms with E-state index in [1.165, 1.54) is 12.1 Å². The van der Waals surface area contributed by atoms with Crippen molar-refractivity contribution in [2.45, 2.75) is 64.5 Å². The van der Waals surface area contributed by atoms with Gasteiger partial charge in [-0.15, -0.1) is 0 Å². The van der Waals surface area contributed by atoms with Gasteiger partial charge in [0.25, 0.3) is 0 Å². The van der Waals surface area contributed by atoms with Crippen molar-refractivity contribution in [2.24, 2.45) is 0 Å². The predicted octanol–water partition coefficient (Wildman–Crippen LogP) is 5.16. The SMILES string of the molecule is CCCC[PH](CCCC)(CCCC)CC(c1cc(C(=O)O)cc(C(=O)O)c1)S(=O)(=O)O. The van der Waals surface area contributed by atoms with Crippen LogP contribution in [0.15, 0.2) is 18.2 Å². The number of carboxylic acids is 2. The van der Waals surface area contributed by atoms with Crippen molar-refractivity contribution in [3.8, 4) is 0 Å². The summed E-state index contributed by atoms with van der Waals surface area (Å²) in [5.41, 5.74) is -0.556. The molecular weight excluding hydrogens is 439 g/mol. The number of benzene rings is 1. The molecule has 1 aromatic carbocycles. The van der Waals surface area contributed by atoms with E-state index in [1.54, 1.807) is 0 Å². The van der Waals surface area contributed by atoms with Crippen LogP contribution in [-0.2, 0) is 10.1 Å². The van der Waals surface area contributed by atoms with Crippen LogP contribution in [0.3, 0.4) is 0 Å². The third kappa shape index (κ3) is 8.51. The summed E-state index contributed by atoms with van der Waals surface area (Å²) in [6.45, 7) is 6.28. The molecule has 0 aliphatic carbocycles. The zero-order chi connectivity index (χ0) is 23.7. The van der Waals surface area contributed by atoms with Crippen LogP contribution in [0.4, 0.5) is 0 Å². The molecule has 31 heavy (non-hydrogen) atoms. The number of rotatable bonds is 15. The van der Waals surface area contributed by atoms with E-state index in [4.69, 9.17) is 0 Å². The average Bonchev–Trinajstić information content (AvgIpc) is 2.71. The fourth-order valence-corrected chi connectivity index (χ4v) is 12.3. The van der Waals surface area contributed by atoms with Crippen LogP contribution < -0.4 is 0 Å². The van der Waals surface area contributed by atoms with Gasteiger partial charge >= 0.3 is 186 Å². The summed E-state index contributed by atoms with van der Waals surface area (Å²) in [7, 11) is -6.70. The average molecular weight is 477 g/mol. The molecule has 3 N–H and O–H groups in total. The summed E-state index contributed by atoms with van der Waals surface area (Å²) in [5, 5.41) is 17.5. The predicted molar refractivity (Wildman–Crippen MR) is 127 cm³/mol. The molecular formula is C22H37O7PS. The van der Waals surface area contributed by atoms with Crippen molar-refractivity contribution < 1.29 is 32.8 Å². The van der Waals surface area contributed by atoms with Gasteiger partial charge in [0.05, 0.1) is 0 Å². The zero-order valence-corrected chi connectivity index (χ0v) is 20.6. The first kappa shape index (κ1) is 27.5. The van der Waals surface area contributed by atoms with E-state index in [9.17, 15) is 32.8 Å². The summed E-state index contributed by atoms with van der Waals surface area (Å²) in [4.78, 5) is 23.0. The van der Waals surface area contributed by atoms with Crippen LogP contribution in [-0.4, -0.2) is 59.8 Å². The van der Waals surface area contributed by atoms with E-state index in [0.717, 1.165) is 63.1 Å². The molecule has 1 rings (SSSR count). The topological polar surface area (TPSA) is 129 Å². The van der Waals surface area contributed by atoms with Crippen molar-refractivity contribution in [3.05, 3.63) is 34.9 Å². The van der Waals surface area contributed by atoms with Gasteiger partial charge in [0.2, 0.25) is 0 Å². The first-order valence-corrected chi connectivity index (χ1v) is 15.4. The molecule has 0 aliphatic heterocycles. The number of carbonyl (C=O) groups is 2. The Bertz CT molecular complexity index is 797. The second-order valence-corrected chi connectivity index (χ2v) is 15.0. The fraction of sp³-hybridized carbons (Fsp3) is 0.636. The Kier molecular flexibility index (Phi) is 11.1. The number of hydrogen-bond donors (Lipinski definition) is 3. The summed E-state index contributed by atoms with van der Waals surface area (Å²) in [6.07, 6.45) is 9.01. The minimum absolute atomic E-state index is 0.0428. The first-order valence-electron chi connectivity index (χ1n) is 11.1. The molecule has 0 heterocycles. The summed E-state index contributed by atoms with van der Waals surface area (Å²) < 4.78 is 35.1. The van der Waals surface area contributed by atoms with Crippen molar-refractivity contribution in [1.29, 1.82) is 0 Å². The maximum atomic E-state index is 12.5. The third-order valence-electron chi connectivity index (χ3n) is 5.98. The van der Waals surface area contributed by atoms with E-state index in [1.807, 2.05) is 0 Å². The van der Waals surface area contributed by atoms with Gasteiger partial charge in [0, 0.05) is 0 Å². The Morgan fingerprint density at radius 3 is 1.52 bits per heavy atom. The zero-order valence-electron chi connectivity index (χ0n) is 18.8. The first-order chi connectivity index (χ1) is 14.5. The van der Waals surface area contributed by atoms with Crippen LogP contribution in [0.2, 0.25) is 0 Å². The molecule has 7 nitrogen and oxygen atoms in total. The Hall–Kier alpha value is -1.50. The molecule has 1 unspecified atom stereocenters. The van der Waals surface area contributed by atoms with Crippen molar-refractivity contribution >= 4 is 29.3 Å². The third-order valence-corrected chi connectivity index (χ3v) is 13.0. The molecule has 1 atom stereocenters.